The first-order chi connectivity index (χ1) is 17.8. The molecule has 2 aromatic heterocycles. The molecule has 0 aliphatic carbocycles. The summed E-state index contributed by atoms with van der Waals surface area (Å²) in [6, 6.07) is 8.41. The minimum Gasteiger partial charge on any atom is -0.444 e. The summed E-state index contributed by atoms with van der Waals surface area (Å²) in [4.78, 5) is 22.9. The average molecular weight is 541 g/mol. The van der Waals surface area contributed by atoms with E-state index < -0.39 is 34.0 Å². The number of carbonyl (C=O) groups is 1. The van der Waals surface area contributed by atoms with Crippen LogP contribution >= 0.6 is 0 Å². The molecule has 3 aromatic rings. The van der Waals surface area contributed by atoms with Crippen LogP contribution in [0.3, 0.4) is 0 Å². The van der Waals surface area contributed by atoms with Crippen LogP contribution in [0.1, 0.15) is 78.0 Å². The van der Waals surface area contributed by atoms with Crippen LogP contribution < -0.4 is 0 Å². The third kappa shape index (κ3) is 5.53. The summed E-state index contributed by atoms with van der Waals surface area (Å²) >= 11 is 0. The van der Waals surface area contributed by atoms with Gasteiger partial charge in [0, 0.05) is 42.0 Å². The monoisotopic (exact) mass is 540 g/mol. The maximum Gasteiger partial charge on any atom is 0.410 e. The Balaban J connectivity index is 1.77. The summed E-state index contributed by atoms with van der Waals surface area (Å²) in [6.45, 7) is 13.7. The number of aromatic nitrogens is 3. The van der Waals surface area contributed by atoms with Crippen molar-refractivity contribution in [3.8, 4) is 11.4 Å². The van der Waals surface area contributed by atoms with Gasteiger partial charge in [-0.3, -0.25) is 4.98 Å². The molecule has 4 rings (SSSR count). The summed E-state index contributed by atoms with van der Waals surface area (Å²) < 4.78 is 25.4. The molecule has 210 valence electrons. The number of pyridine rings is 1. The molecule has 1 aliphatic heterocycles. The maximum absolute atomic E-state index is 14.6. The first-order valence-corrected chi connectivity index (χ1v) is 12.9. The second-order valence-corrected chi connectivity index (χ2v) is 12.6. The molecule has 1 saturated heterocycles. The smallest absolute Gasteiger partial charge is 0.410 e. The van der Waals surface area contributed by atoms with Crippen LogP contribution in [-0.2, 0) is 21.6 Å². The van der Waals surface area contributed by atoms with Crippen LogP contribution in [0.25, 0.3) is 11.4 Å². The van der Waals surface area contributed by atoms with Crippen molar-refractivity contribution >= 4 is 6.09 Å². The number of nitrogens with zero attached hydrogens (tertiary/aromatic N) is 4. The van der Waals surface area contributed by atoms with Crippen LogP contribution in [0.15, 0.2) is 47.2 Å². The van der Waals surface area contributed by atoms with E-state index in [1.54, 1.807) is 62.2 Å². The van der Waals surface area contributed by atoms with Crippen molar-refractivity contribution in [2.45, 2.75) is 77.9 Å². The highest BCUT2D eigenvalue weighted by Crippen LogP contribution is 2.51. The minimum atomic E-state index is -1.63. The van der Waals surface area contributed by atoms with Crippen molar-refractivity contribution in [3.05, 3.63) is 65.3 Å². The van der Waals surface area contributed by atoms with E-state index in [0.29, 0.717) is 22.3 Å². The number of likely N-dealkylation sites (tertiary alicyclic amines) is 1. The molecule has 0 saturated carbocycles. The van der Waals surface area contributed by atoms with Crippen molar-refractivity contribution in [1.29, 1.82) is 0 Å². The van der Waals surface area contributed by atoms with Crippen molar-refractivity contribution in [2.24, 2.45) is 5.41 Å². The Morgan fingerprint density at radius 3 is 2.10 bits per heavy atom. The number of halogens is 1. The zero-order valence-electron chi connectivity index (χ0n) is 23.7. The molecule has 0 unspecified atom stereocenters. The van der Waals surface area contributed by atoms with Crippen LogP contribution in [0.5, 0.6) is 0 Å². The Morgan fingerprint density at radius 2 is 1.59 bits per heavy atom. The van der Waals surface area contributed by atoms with E-state index in [1.807, 2.05) is 6.92 Å². The van der Waals surface area contributed by atoms with Gasteiger partial charge in [-0.05, 0) is 65.7 Å². The molecule has 39 heavy (non-hydrogen) atoms. The van der Waals surface area contributed by atoms with Gasteiger partial charge >= 0.3 is 6.09 Å². The van der Waals surface area contributed by atoms with Gasteiger partial charge < -0.3 is 24.4 Å². The van der Waals surface area contributed by atoms with Crippen LogP contribution in [-0.4, -0.2) is 55.0 Å². The molecular formula is C29H37FN4O5. The highest BCUT2D eigenvalue weighted by Gasteiger charge is 2.58. The number of alkyl halides is 1. The molecule has 10 heteroatoms. The topological polar surface area (TPSA) is 122 Å². The summed E-state index contributed by atoms with van der Waals surface area (Å²) in [7, 11) is 0. The van der Waals surface area contributed by atoms with Gasteiger partial charge in [0.15, 0.2) is 0 Å². The van der Waals surface area contributed by atoms with E-state index >= 15 is 0 Å². The normalized spacial score (nSPS) is 17.4. The third-order valence-corrected chi connectivity index (χ3v) is 6.96. The fourth-order valence-electron chi connectivity index (χ4n) is 4.80. The predicted molar refractivity (Wildman–Crippen MR) is 142 cm³/mol. The molecule has 3 heterocycles. The van der Waals surface area contributed by atoms with Gasteiger partial charge in [-0.2, -0.15) is 4.98 Å². The Labute approximate surface area is 228 Å². The molecular weight excluding hydrogens is 503 g/mol. The lowest BCUT2D eigenvalue weighted by Gasteiger charge is -2.56. The highest BCUT2D eigenvalue weighted by molar-refractivity contribution is 5.70. The molecule has 1 aromatic carbocycles. The molecule has 2 N–H and O–H groups in total. The first-order valence-electron chi connectivity index (χ1n) is 12.9. The molecule has 1 atom stereocenters. The number of rotatable bonds is 6. The van der Waals surface area contributed by atoms with E-state index in [4.69, 9.17) is 9.26 Å². The SMILES string of the molecule is CC(C)(C)OC(=O)N1CC(C)([C@](O)(c2ccc(C(C)(C)F)cc2)c2cncc(-c3noc(C(C)(C)O)n3)c2)C1. The summed E-state index contributed by atoms with van der Waals surface area (Å²) in [6.07, 6.45) is 2.62. The van der Waals surface area contributed by atoms with Crippen molar-refractivity contribution in [1.82, 2.24) is 20.0 Å². The molecule has 1 aliphatic rings. The number of benzene rings is 1. The second kappa shape index (κ2) is 9.38. The second-order valence-electron chi connectivity index (χ2n) is 12.6. The van der Waals surface area contributed by atoms with Gasteiger partial charge in [0.1, 0.15) is 22.5 Å². The average Bonchev–Trinajstić information content (AvgIpc) is 3.31. The molecule has 1 amide bonds. The predicted octanol–water partition coefficient (Wildman–Crippen LogP) is 5.06. The van der Waals surface area contributed by atoms with E-state index in [-0.39, 0.29) is 24.8 Å². The minimum absolute atomic E-state index is 0.0431. The summed E-state index contributed by atoms with van der Waals surface area (Å²) in [5, 5.41) is 26.7. The zero-order chi connectivity index (χ0) is 29.0. The molecule has 0 spiro atoms. The third-order valence-electron chi connectivity index (χ3n) is 6.96. The van der Waals surface area contributed by atoms with Crippen LogP contribution in [0.2, 0.25) is 0 Å². The number of hydrogen-bond donors (Lipinski definition) is 2. The lowest BCUT2D eigenvalue weighted by Crippen LogP contribution is -2.66. The Morgan fingerprint density at radius 1 is 1.00 bits per heavy atom. The largest absolute Gasteiger partial charge is 0.444 e. The number of carbonyl (C=O) groups excluding carboxylic acids is 1. The Hall–Kier alpha value is -3.37. The lowest BCUT2D eigenvalue weighted by atomic mass is 9.62. The first kappa shape index (κ1) is 28.6. The van der Waals surface area contributed by atoms with E-state index in [2.05, 4.69) is 15.1 Å². The quantitative estimate of drug-likeness (QED) is 0.445. The lowest BCUT2D eigenvalue weighted by molar-refractivity contribution is -0.131. The van der Waals surface area contributed by atoms with Crippen molar-refractivity contribution < 1.29 is 28.7 Å². The number of aliphatic hydroxyl groups is 2. The summed E-state index contributed by atoms with van der Waals surface area (Å²) in [5.41, 5.74) is -4.10. The van der Waals surface area contributed by atoms with Gasteiger partial charge in [-0.1, -0.05) is 36.3 Å². The number of amides is 1. The Kier molecular flexibility index (Phi) is 6.88. The van der Waals surface area contributed by atoms with Crippen LogP contribution in [0, 0.1) is 5.41 Å². The van der Waals surface area contributed by atoms with Gasteiger partial charge in [0.25, 0.3) is 5.89 Å². The zero-order valence-corrected chi connectivity index (χ0v) is 23.7. The molecule has 1 fully saturated rings. The van der Waals surface area contributed by atoms with E-state index in [9.17, 15) is 19.4 Å². The fraction of sp³-hybridized carbons (Fsp3) is 0.517. The Bertz CT molecular complexity index is 1350. The maximum atomic E-state index is 14.6. The standard InChI is InChI=1S/C29H37FN4O5/c1-25(2,3)38-24(35)34-16-28(8,17-34)29(37,20-11-9-19(10-12-20)26(4,5)30)21-13-18(14-31-15-21)22-32-23(39-33-22)27(6,7)36/h9-15,36-37H,16-17H2,1-8H3/t29-/m0/s1. The van der Waals surface area contributed by atoms with Gasteiger partial charge in [-0.25, -0.2) is 9.18 Å². The van der Waals surface area contributed by atoms with Gasteiger partial charge in [0.05, 0.1) is 0 Å². The summed E-state index contributed by atoms with van der Waals surface area (Å²) in [5.74, 6) is 0.244. The molecule has 9 nitrogen and oxygen atoms in total. The van der Waals surface area contributed by atoms with E-state index in [0.717, 1.165) is 0 Å². The van der Waals surface area contributed by atoms with Crippen LogP contribution in [0.4, 0.5) is 9.18 Å². The van der Waals surface area contributed by atoms with E-state index in [1.165, 1.54) is 33.9 Å². The van der Waals surface area contributed by atoms with Gasteiger partial charge in [-0.15, -0.1) is 0 Å². The van der Waals surface area contributed by atoms with Gasteiger partial charge in [0.2, 0.25) is 5.82 Å². The number of hydrogen-bond acceptors (Lipinski definition) is 8. The van der Waals surface area contributed by atoms with Crippen molar-refractivity contribution in [2.75, 3.05) is 13.1 Å². The fourth-order valence-corrected chi connectivity index (χ4v) is 4.80. The van der Waals surface area contributed by atoms with Crippen molar-refractivity contribution in [3.63, 3.8) is 0 Å². The molecule has 0 radical (unpaired) electrons. The molecule has 0 bridgehead atoms. The highest BCUT2D eigenvalue weighted by atomic mass is 19.1. The number of ether oxygens (including phenoxy) is 1.